The molecule has 2 heterocycles. The summed E-state index contributed by atoms with van der Waals surface area (Å²) in [4.78, 5) is 19.1. The highest BCUT2D eigenvalue weighted by Gasteiger charge is 2.38. The van der Waals surface area contributed by atoms with Gasteiger partial charge in [-0.15, -0.1) is 0 Å². The van der Waals surface area contributed by atoms with Gasteiger partial charge in [0.25, 0.3) is 5.91 Å². The summed E-state index contributed by atoms with van der Waals surface area (Å²) in [5.74, 6) is 0.867. The molecule has 128 valence electrons. The van der Waals surface area contributed by atoms with Gasteiger partial charge in [0.05, 0.1) is 18.0 Å². The van der Waals surface area contributed by atoms with Crippen LogP contribution in [0.15, 0.2) is 53.7 Å². The zero-order chi connectivity index (χ0) is 17.4. The molecule has 0 aliphatic heterocycles. The van der Waals surface area contributed by atoms with E-state index in [1.807, 2.05) is 49.1 Å². The quantitative estimate of drug-likeness (QED) is 0.715. The predicted octanol–water partition coefficient (Wildman–Crippen LogP) is 3.53. The average Bonchev–Trinajstić information content (AvgIpc) is 3.08. The number of aryl methyl sites for hydroxylation is 1. The molecule has 25 heavy (non-hydrogen) atoms. The van der Waals surface area contributed by atoms with Crippen LogP contribution >= 0.6 is 0 Å². The van der Waals surface area contributed by atoms with Gasteiger partial charge in [0, 0.05) is 11.6 Å². The molecule has 6 nitrogen and oxygen atoms in total. The van der Waals surface area contributed by atoms with Crippen LogP contribution in [0.3, 0.4) is 0 Å². The van der Waals surface area contributed by atoms with E-state index in [9.17, 15) is 4.79 Å². The number of hydrogen-bond donors (Lipinski definition) is 0. The Morgan fingerprint density at radius 3 is 2.80 bits per heavy atom. The Hall–Kier alpha value is -2.89. The van der Waals surface area contributed by atoms with Gasteiger partial charge in [0.15, 0.2) is 0 Å². The number of benzene rings is 1. The Bertz CT molecular complexity index is 867. The van der Waals surface area contributed by atoms with Crippen LogP contribution in [0.25, 0.3) is 5.69 Å². The lowest BCUT2D eigenvalue weighted by atomic mass is 10.0. The molecule has 3 aromatic rings. The molecule has 1 saturated carbocycles. The zero-order valence-corrected chi connectivity index (χ0v) is 14.3. The van der Waals surface area contributed by atoms with Gasteiger partial charge in [-0.05, 0) is 62.6 Å². The molecule has 4 rings (SSSR count). The molecule has 1 aromatic carbocycles. The first-order valence-corrected chi connectivity index (χ1v) is 8.47. The van der Waals surface area contributed by atoms with Crippen molar-refractivity contribution in [3.63, 3.8) is 0 Å². The number of amides is 1. The highest BCUT2D eigenvalue weighted by atomic mass is 16.3. The smallest absolute Gasteiger partial charge is 0.254 e. The van der Waals surface area contributed by atoms with Crippen molar-refractivity contribution in [1.29, 1.82) is 0 Å². The van der Waals surface area contributed by atoms with Crippen LogP contribution < -0.4 is 0 Å². The van der Waals surface area contributed by atoms with E-state index >= 15 is 0 Å². The highest BCUT2D eigenvalue weighted by Crippen LogP contribution is 2.36. The first-order chi connectivity index (χ1) is 12.1. The van der Waals surface area contributed by atoms with Crippen LogP contribution in [0.5, 0.6) is 0 Å². The maximum absolute atomic E-state index is 13.2. The number of nitrogens with zero attached hydrogens (tertiary/aromatic N) is 4. The van der Waals surface area contributed by atoms with Crippen LogP contribution in [0.2, 0.25) is 0 Å². The van der Waals surface area contributed by atoms with E-state index < -0.39 is 0 Å². The standard InChI is InChI=1S/C19H20N4O2/c1-13-10-16(22-12-20-11-21-22)7-8-17(13)19(24)23(15-5-6-15)14(2)18-4-3-9-25-18/h3-4,7-12,14-15H,5-6H2,1-2H3. The Kier molecular flexibility index (Phi) is 3.87. The second-order valence-electron chi connectivity index (χ2n) is 6.47. The summed E-state index contributed by atoms with van der Waals surface area (Å²) in [6.45, 7) is 3.98. The predicted molar refractivity (Wildman–Crippen MR) is 92.4 cm³/mol. The van der Waals surface area contributed by atoms with Crippen LogP contribution in [0, 0.1) is 6.92 Å². The maximum atomic E-state index is 13.2. The Balaban J connectivity index is 1.64. The van der Waals surface area contributed by atoms with Gasteiger partial charge in [-0.25, -0.2) is 9.67 Å². The van der Waals surface area contributed by atoms with Crippen molar-refractivity contribution in [2.24, 2.45) is 0 Å². The fraction of sp³-hybridized carbons (Fsp3) is 0.316. The van der Waals surface area contributed by atoms with Crippen molar-refractivity contribution in [3.8, 4) is 5.69 Å². The summed E-state index contributed by atoms with van der Waals surface area (Å²) in [6.07, 6.45) is 6.89. The number of rotatable bonds is 5. The third-order valence-corrected chi connectivity index (χ3v) is 4.67. The molecule has 1 atom stereocenters. The molecular weight excluding hydrogens is 316 g/mol. The van der Waals surface area contributed by atoms with Gasteiger partial charge in [0.1, 0.15) is 18.4 Å². The number of hydrogen-bond acceptors (Lipinski definition) is 4. The van der Waals surface area contributed by atoms with Crippen LogP contribution in [0.4, 0.5) is 0 Å². The normalized spacial score (nSPS) is 15.1. The molecule has 0 N–H and O–H groups in total. The van der Waals surface area contributed by atoms with Crippen LogP contribution in [0.1, 0.15) is 47.5 Å². The fourth-order valence-corrected chi connectivity index (χ4v) is 3.19. The van der Waals surface area contributed by atoms with Gasteiger partial charge >= 0.3 is 0 Å². The molecule has 1 unspecified atom stereocenters. The van der Waals surface area contributed by atoms with Gasteiger partial charge in [-0.1, -0.05) is 0 Å². The largest absolute Gasteiger partial charge is 0.467 e. The minimum atomic E-state index is -0.0793. The second-order valence-corrected chi connectivity index (χ2v) is 6.47. The van der Waals surface area contributed by atoms with E-state index in [0.717, 1.165) is 29.9 Å². The summed E-state index contributed by atoms with van der Waals surface area (Å²) in [5.41, 5.74) is 2.54. The number of carbonyl (C=O) groups excluding carboxylic acids is 1. The van der Waals surface area contributed by atoms with Gasteiger partial charge in [-0.3, -0.25) is 4.79 Å². The monoisotopic (exact) mass is 336 g/mol. The summed E-state index contributed by atoms with van der Waals surface area (Å²) < 4.78 is 7.21. The zero-order valence-electron chi connectivity index (χ0n) is 14.3. The molecule has 6 heteroatoms. The summed E-state index contributed by atoms with van der Waals surface area (Å²) in [6, 6.07) is 9.74. The lowest BCUT2D eigenvalue weighted by Gasteiger charge is -2.28. The van der Waals surface area contributed by atoms with Crippen molar-refractivity contribution in [2.75, 3.05) is 0 Å². The minimum Gasteiger partial charge on any atom is -0.467 e. The Morgan fingerprint density at radius 1 is 1.36 bits per heavy atom. The molecule has 1 aliphatic rings. The maximum Gasteiger partial charge on any atom is 0.254 e. The van der Waals surface area contributed by atoms with E-state index in [4.69, 9.17) is 4.42 Å². The molecule has 2 aromatic heterocycles. The van der Waals surface area contributed by atoms with E-state index in [1.54, 1.807) is 17.3 Å². The summed E-state index contributed by atoms with van der Waals surface area (Å²) in [7, 11) is 0. The van der Waals surface area contributed by atoms with E-state index in [-0.39, 0.29) is 11.9 Å². The number of carbonyl (C=O) groups is 1. The summed E-state index contributed by atoms with van der Waals surface area (Å²) in [5, 5.41) is 4.14. The molecule has 0 bridgehead atoms. The first kappa shape index (κ1) is 15.6. The second kappa shape index (κ2) is 6.20. The van der Waals surface area contributed by atoms with Crippen molar-refractivity contribution < 1.29 is 9.21 Å². The third-order valence-electron chi connectivity index (χ3n) is 4.67. The molecule has 1 fully saturated rings. The average molecular weight is 336 g/mol. The lowest BCUT2D eigenvalue weighted by Crippen LogP contribution is -2.35. The number of aromatic nitrogens is 3. The molecule has 1 amide bonds. The first-order valence-electron chi connectivity index (χ1n) is 8.47. The molecule has 1 aliphatic carbocycles. The third kappa shape index (κ3) is 2.95. The SMILES string of the molecule is Cc1cc(-n2cncn2)ccc1C(=O)N(C1CC1)C(C)c1ccco1. The molecule has 0 saturated heterocycles. The van der Waals surface area contributed by atoms with Gasteiger partial charge < -0.3 is 9.32 Å². The van der Waals surface area contributed by atoms with Crippen molar-refractivity contribution in [2.45, 2.75) is 38.8 Å². The van der Waals surface area contributed by atoms with Crippen LogP contribution in [-0.4, -0.2) is 31.6 Å². The van der Waals surface area contributed by atoms with E-state index in [0.29, 0.717) is 11.6 Å². The minimum absolute atomic E-state index is 0.0500. The van der Waals surface area contributed by atoms with E-state index in [2.05, 4.69) is 10.1 Å². The fourth-order valence-electron chi connectivity index (χ4n) is 3.19. The molecule has 0 radical (unpaired) electrons. The van der Waals surface area contributed by atoms with E-state index in [1.165, 1.54) is 6.33 Å². The lowest BCUT2D eigenvalue weighted by molar-refractivity contribution is 0.0652. The Labute approximate surface area is 146 Å². The van der Waals surface area contributed by atoms with Crippen molar-refractivity contribution >= 4 is 5.91 Å². The topological polar surface area (TPSA) is 64.2 Å². The number of furan rings is 1. The van der Waals surface area contributed by atoms with Gasteiger partial charge in [-0.2, -0.15) is 5.10 Å². The Morgan fingerprint density at radius 2 is 2.20 bits per heavy atom. The highest BCUT2D eigenvalue weighted by molar-refractivity contribution is 5.96. The summed E-state index contributed by atoms with van der Waals surface area (Å²) >= 11 is 0. The molecule has 0 spiro atoms. The van der Waals surface area contributed by atoms with Gasteiger partial charge in [0.2, 0.25) is 0 Å². The van der Waals surface area contributed by atoms with Crippen molar-refractivity contribution in [1.82, 2.24) is 19.7 Å². The van der Waals surface area contributed by atoms with Crippen LogP contribution in [-0.2, 0) is 0 Å². The van der Waals surface area contributed by atoms with Crippen molar-refractivity contribution in [3.05, 3.63) is 66.1 Å². The molecular formula is C19H20N4O2.